The first-order valence-corrected chi connectivity index (χ1v) is 10.3. The zero-order valence-electron chi connectivity index (χ0n) is 16.6. The minimum atomic E-state index is 0.210. The highest BCUT2D eigenvalue weighted by Crippen LogP contribution is 2.36. The van der Waals surface area contributed by atoms with Crippen molar-refractivity contribution in [2.24, 2.45) is 0 Å². The summed E-state index contributed by atoms with van der Waals surface area (Å²) in [6, 6.07) is 10.4. The number of nitrogens with zero attached hydrogens (tertiary/aromatic N) is 2. The lowest BCUT2D eigenvalue weighted by Crippen LogP contribution is -2.57. The van der Waals surface area contributed by atoms with Crippen molar-refractivity contribution >= 4 is 5.69 Å². The van der Waals surface area contributed by atoms with E-state index in [1.54, 1.807) is 7.11 Å². The first-order chi connectivity index (χ1) is 13.8. The van der Waals surface area contributed by atoms with Crippen LogP contribution in [-0.4, -0.2) is 44.0 Å². The van der Waals surface area contributed by atoms with Crippen molar-refractivity contribution in [3.63, 3.8) is 0 Å². The molecule has 1 unspecified atom stereocenters. The van der Waals surface area contributed by atoms with Gasteiger partial charge in [0.2, 0.25) is 0 Å². The van der Waals surface area contributed by atoms with Gasteiger partial charge in [0.25, 0.3) is 0 Å². The van der Waals surface area contributed by atoms with E-state index in [9.17, 15) is 0 Å². The number of anilines is 1. The Morgan fingerprint density at radius 2 is 2.04 bits per heavy atom. The van der Waals surface area contributed by atoms with Gasteiger partial charge in [-0.15, -0.1) is 0 Å². The summed E-state index contributed by atoms with van der Waals surface area (Å²) in [6.45, 7) is 3.62. The molecule has 0 bridgehead atoms. The topological polar surface area (TPSA) is 58.7 Å². The van der Waals surface area contributed by atoms with Crippen molar-refractivity contribution in [3.05, 3.63) is 48.3 Å². The maximum atomic E-state index is 6.33. The molecule has 2 fully saturated rings. The molecular weight excluding hydrogens is 352 g/mol. The van der Waals surface area contributed by atoms with Gasteiger partial charge in [0.15, 0.2) is 11.5 Å². The van der Waals surface area contributed by atoms with Gasteiger partial charge in [-0.05, 0) is 49.4 Å². The molecule has 2 heterocycles. The number of rotatable bonds is 7. The van der Waals surface area contributed by atoms with Crippen molar-refractivity contribution in [1.29, 1.82) is 0 Å². The van der Waals surface area contributed by atoms with Crippen LogP contribution in [0.5, 0.6) is 11.5 Å². The molecule has 1 aromatic heterocycles. The fourth-order valence-corrected chi connectivity index (χ4v) is 4.05. The molecule has 6 nitrogen and oxygen atoms in total. The van der Waals surface area contributed by atoms with E-state index in [1.807, 2.05) is 24.5 Å². The van der Waals surface area contributed by atoms with Crippen molar-refractivity contribution in [2.75, 3.05) is 31.6 Å². The predicted molar refractivity (Wildman–Crippen MR) is 111 cm³/mol. The second kappa shape index (κ2) is 9.26. The van der Waals surface area contributed by atoms with Crippen LogP contribution in [0.4, 0.5) is 5.69 Å². The second-order valence-electron chi connectivity index (χ2n) is 7.52. The molecule has 1 aromatic carbocycles. The molecule has 0 amide bonds. The molecule has 1 saturated heterocycles. The van der Waals surface area contributed by atoms with Gasteiger partial charge in [0, 0.05) is 50.3 Å². The average Bonchev–Trinajstić information content (AvgIpc) is 3.26. The van der Waals surface area contributed by atoms with Gasteiger partial charge in [0.05, 0.1) is 19.4 Å². The summed E-state index contributed by atoms with van der Waals surface area (Å²) in [7, 11) is 1.70. The largest absolute Gasteiger partial charge is 0.493 e. The average molecular weight is 383 g/mol. The van der Waals surface area contributed by atoms with Crippen LogP contribution in [0.1, 0.15) is 31.2 Å². The normalized spacial score (nSPS) is 20.1. The van der Waals surface area contributed by atoms with E-state index in [-0.39, 0.29) is 6.17 Å². The van der Waals surface area contributed by atoms with E-state index in [0.717, 1.165) is 56.2 Å². The molecule has 6 heteroatoms. The van der Waals surface area contributed by atoms with Crippen molar-refractivity contribution in [2.45, 2.75) is 44.5 Å². The number of nitrogens with one attached hydrogen (secondary N) is 2. The number of pyridine rings is 1. The van der Waals surface area contributed by atoms with Crippen molar-refractivity contribution in [1.82, 2.24) is 15.6 Å². The molecule has 1 aliphatic carbocycles. The maximum absolute atomic E-state index is 6.33. The lowest BCUT2D eigenvalue weighted by atomic mass is 10.1. The van der Waals surface area contributed by atoms with Crippen LogP contribution in [0.15, 0.2) is 42.7 Å². The van der Waals surface area contributed by atoms with Gasteiger partial charge >= 0.3 is 0 Å². The van der Waals surface area contributed by atoms with E-state index in [2.05, 4.69) is 38.7 Å². The Labute approximate surface area is 167 Å². The lowest BCUT2D eigenvalue weighted by molar-refractivity contribution is 0.201. The zero-order chi connectivity index (χ0) is 19.2. The molecule has 1 aliphatic heterocycles. The molecule has 28 heavy (non-hydrogen) atoms. The minimum absolute atomic E-state index is 0.210. The number of benzene rings is 1. The highest BCUT2D eigenvalue weighted by molar-refractivity contribution is 5.57. The molecule has 2 N–H and O–H groups in total. The Hall–Kier alpha value is -2.31. The molecule has 4 rings (SSSR count). The Kier molecular flexibility index (Phi) is 6.29. The number of hydrogen-bond donors (Lipinski definition) is 2. The monoisotopic (exact) mass is 382 g/mol. The summed E-state index contributed by atoms with van der Waals surface area (Å²) in [5.41, 5.74) is 2.31. The van der Waals surface area contributed by atoms with E-state index in [1.165, 1.54) is 18.4 Å². The van der Waals surface area contributed by atoms with E-state index < -0.39 is 0 Å². The first-order valence-electron chi connectivity index (χ1n) is 10.3. The second-order valence-corrected chi connectivity index (χ2v) is 7.52. The molecule has 2 aliphatic rings. The van der Waals surface area contributed by atoms with Crippen molar-refractivity contribution < 1.29 is 9.47 Å². The third kappa shape index (κ3) is 4.56. The van der Waals surface area contributed by atoms with Gasteiger partial charge in [0.1, 0.15) is 0 Å². The van der Waals surface area contributed by atoms with Crippen LogP contribution in [0.3, 0.4) is 0 Å². The Bertz CT molecular complexity index is 743. The lowest BCUT2D eigenvalue weighted by Gasteiger charge is -2.37. The molecule has 2 aromatic rings. The Morgan fingerprint density at radius 3 is 2.75 bits per heavy atom. The highest BCUT2D eigenvalue weighted by atomic mass is 16.5. The molecular formula is C22H30N4O2. The maximum Gasteiger partial charge on any atom is 0.163 e. The summed E-state index contributed by atoms with van der Waals surface area (Å²) in [5, 5.41) is 7.12. The quantitative estimate of drug-likeness (QED) is 0.768. The summed E-state index contributed by atoms with van der Waals surface area (Å²) >= 11 is 0. The number of aromatic nitrogens is 1. The van der Waals surface area contributed by atoms with E-state index >= 15 is 0 Å². The van der Waals surface area contributed by atoms with Gasteiger partial charge < -0.3 is 19.7 Å². The number of ether oxygens (including phenoxy) is 2. The van der Waals surface area contributed by atoms with E-state index in [4.69, 9.17) is 9.47 Å². The van der Waals surface area contributed by atoms with Crippen LogP contribution >= 0.6 is 0 Å². The highest BCUT2D eigenvalue weighted by Gasteiger charge is 2.24. The summed E-state index contributed by atoms with van der Waals surface area (Å²) in [6.07, 6.45) is 9.00. The van der Waals surface area contributed by atoms with E-state index in [0.29, 0.717) is 6.10 Å². The molecule has 0 radical (unpaired) electrons. The van der Waals surface area contributed by atoms with Crippen LogP contribution in [0.25, 0.3) is 0 Å². The standard InChI is InChI=1S/C22H30N4O2/c1-27-20-9-8-18(13-21(20)28-19-6-2-3-7-19)26(22-15-24-11-12-25-22)16-17-5-4-10-23-14-17/h4-5,8-10,13-14,19,22,24-25H,2-3,6-7,11-12,15-16H2,1H3. The third-order valence-electron chi connectivity index (χ3n) is 5.55. The van der Waals surface area contributed by atoms with Gasteiger partial charge in [-0.2, -0.15) is 0 Å². The number of methoxy groups -OCH3 is 1. The van der Waals surface area contributed by atoms with Crippen LogP contribution in [-0.2, 0) is 6.54 Å². The number of piperazine rings is 1. The number of hydrogen-bond acceptors (Lipinski definition) is 6. The summed E-state index contributed by atoms with van der Waals surface area (Å²) in [5.74, 6) is 1.64. The molecule has 0 spiro atoms. The summed E-state index contributed by atoms with van der Waals surface area (Å²) < 4.78 is 11.9. The SMILES string of the molecule is COc1ccc(N(Cc2cccnc2)C2CNCCN2)cc1OC1CCCC1. The predicted octanol–water partition coefficient (Wildman–Crippen LogP) is 2.94. The van der Waals surface area contributed by atoms with Crippen LogP contribution in [0.2, 0.25) is 0 Å². The Morgan fingerprint density at radius 1 is 1.14 bits per heavy atom. The zero-order valence-corrected chi connectivity index (χ0v) is 16.6. The third-order valence-corrected chi connectivity index (χ3v) is 5.55. The van der Waals surface area contributed by atoms with Gasteiger partial charge in [-0.25, -0.2) is 0 Å². The van der Waals surface area contributed by atoms with Crippen molar-refractivity contribution in [3.8, 4) is 11.5 Å². The smallest absolute Gasteiger partial charge is 0.163 e. The van der Waals surface area contributed by atoms with Crippen LogP contribution in [0, 0.1) is 0 Å². The fraction of sp³-hybridized carbons (Fsp3) is 0.500. The Balaban J connectivity index is 1.62. The fourth-order valence-electron chi connectivity index (χ4n) is 4.05. The molecule has 1 atom stereocenters. The van der Waals surface area contributed by atoms with Gasteiger partial charge in [-0.1, -0.05) is 6.07 Å². The van der Waals surface area contributed by atoms with Crippen LogP contribution < -0.4 is 25.0 Å². The van der Waals surface area contributed by atoms with Gasteiger partial charge in [-0.3, -0.25) is 10.3 Å². The molecule has 150 valence electrons. The summed E-state index contributed by atoms with van der Waals surface area (Å²) in [4.78, 5) is 6.66. The molecule has 1 saturated carbocycles. The first kappa shape index (κ1) is 19.0. The minimum Gasteiger partial charge on any atom is -0.493 e.